The molecule has 0 saturated carbocycles. The molecule has 4 aromatic rings. The minimum absolute atomic E-state index is 0.0903. The summed E-state index contributed by atoms with van der Waals surface area (Å²) in [6.07, 6.45) is 1.33. The van der Waals surface area contributed by atoms with Crippen LogP contribution in [-0.2, 0) is 4.74 Å². The molecular weight excluding hydrogens is 423 g/mol. The summed E-state index contributed by atoms with van der Waals surface area (Å²) in [5.41, 5.74) is 4.24. The third-order valence-corrected chi connectivity index (χ3v) is 5.26. The summed E-state index contributed by atoms with van der Waals surface area (Å²) in [7, 11) is 0. The van der Waals surface area contributed by atoms with Gasteiger partial charge in [0.25, 0.3) is 5.91 Å². The molecule has 0 aliphatic carbocycles. The molecule has 2 heterocycles. The van der Waals surface area contributed by atoms with Crippen molar-refractivity contribution in [3.05, 3.63) is 82.3 Å². The van der Waals surface area contributed by atoms with Crippen LogP contribution in [-0.4, -0.2) is 33.2 Å². The fraction of sp³-hybridized carbons (Fsp3) is 0.200. The second-order valence-corrected chi connectivity index (χ2v) is 7.78. The first-order chi connectivity index (χ1) is 15.8. The fourth-order valence-electron chi connectivity index (χ4n) is 3.72. The lowest BCUT2D eigenvalue weighted by atomic mass is 10.0. The number of amides is 1. The number of hydrogen-bond acceptors (Lipinski definition) is 5. The summed E-state index contributed by atoms with van der Waals surface area (Å²) < 4.78 is 19.8. The molecule has 1 N–H and O–H groups in total. The quantitative estimate of drug-likeness (QED) is 0.440. The summed E-state index contributed by atoms with van der Waals surface area (Å²) in [4.78, 5) is 30.2. The molecule has 0 fully saturated rings. The van der Waals surface area contributed by atoms with Gasteiger partial charge < -0.3 is 10.1 Å². The molecule has 0 aliphatic rings. The largest absolute Gasteiger partial charge is 0.462 e. The first-order valence-corrected chi connectivity index (χ1v) is 10.5. The number of hydrogen-bond donors (Lipinski definition) is 1. The standard InChI is InChI=1S/C25H23FN4O3/c1-5-33-25(32)20-13-27-30(23(20)29-24(31)17-6-8-18(26)9-7-17)21-12-15(3)19-11-14(2)10-16(4)22(19)28-21/h6-13H,5H2,1-4H3,(H,29,31). The van der Waals surface area contributed by atoms with Crippen molar-refractivity contribution >= 4 is 28.6 Å². The van der Waals surface area contributed by atoms with Gasteiger partial charge in [0.2, 0.25) is 0 Å². The number of carbonyl (C=O) groups excluding carboxylic acids is 2. The first-order valence-electron chi connectivity index (χ1n) is 10.5. The van der Waals surface area contributed by atoms with Gasteiger partial charge in [-0.15, -0.1) is 0 Å². The second kappa shape index (κ2) is 8.82. The van der Waals surface area contributed by atoms with Gasteiger partial charge in [0.15, 0.2) is 11.6 Å². The maximum Gasteiger partial charge on any atom is 0.343 e. The summed E-state index contributed by atoms with van der Waals surface area (Å²) in [6, 6.07) is 11.1. The van der Waals surface area contributed by atoms with E-state index in [0.29, 0.717) is 5.82 Å². The summed E-state index contributed by atoms with van der Waals surface area (Å²) >= 11 is 0. The van der Waals surface area contributed by atoms with Gasteiger partial charge in [0, 0.05) is 10.9 Å². The average molecular weight is 446 g/mol. The van der Waals surface area contributed by atoms with Crippen molar-refractivity contribution in [3.63, 3.8) is 0 Å². The van der Waals surface area contributed by atoms with E-state index >= 15 is 0 Å². The summed E-state index contributed by atoms with van der Waals surface area (Å²) in [6.45, 7) is 7.84. The van der Waals surface area contributed by atoms with Gasteiger partial charge in [-0.1, -0.05) is 11.6 Å². The zero-order chi connectivity index (χ0) is 23.7. The molecule has 0 unspecified atom stereocenters. The molecule has 0 atom stereocenters. The number of esters is 1. The van der Waals surface area contributed by atoms with Crippen LogP contribution in [0.2, 0.25) is 0 Å². The topological polar surface area (TPSA) is 86.1 Å². The molecule has 33 heavy (non-hydrogen) atoms. The third kappa shape index (κ3) is 4.32. The van der Waals surface area contributed by atoms with Crippen LogP contribution in [0.4, 0.5) is 10.2 Å². The highest BCUT2D eigenvalue weighted by Crippen LogP contribution is 2.27. The van der Waals surface area contributed by atoms with Gasteiger partial charge in [-0.2, -0.15) is 9.78 Å². The number of rotatable bonds is 5. The molecule has 4 rings (SSSR count). The Morgan fingerprint density at radius 3 is 2.48 bits per heavy atom. The highest BCUT2D eigenvalue weighted by molar-refractivity contribution is 6.07. The molecule has 1 amide bonds. The van der Waals surface area contributed by atoms with Crippen LogP contribution in [0.5, 0.6) is 0 Å². The third-order valence-electron chi connectivity index (χ3n) is 5.26. The average Bonchev–Trinajstić information content (AvgIpc) is 3.18. The Kier molecular flexibility index (Phi) is 5.91. The Labute approximate surface area is 190 Å². The van der Waals surface area contributed by atoms with E-state index in [9.17, 15) is 14.0 Å². The Bertz CT molecular complexity index is 1380. The lowest BCUT2D eigenvalue weighted by molar-refractivity contribution is 0.0527. The van der Waals surface area contributed by atoms with Gasteiger partial charge in [-0.05, 0) is 75.2 Å². The zero-order valence-electron chi connectivity index (χ0n) is 18.8. The predicted molar refractivity (Wildman–Crippen MR) is 123 cm³/mol. The maximum absolute atomic E-state index is 13.3. The van der Waals surface area contributed by atoms with Crippen LogP contribution in [0.3, 0.4) is 0 Å². The Hall–Kier alpha value is -4.07. The minimum Gasteiger partial charge on any atom is -0.462 e. The number of pyridine rings is 1. The molecular formula is C25H23FN4O3. The number of benzene rings is 2. The molecule has 0 radical (unpaired) electrons. The van der Waals surface area contributed by atoms with Crippen molar-refractivity contribution in [3.8, 4) is 5.82 Å². The number of aryl methyl sites for hydroxylation is 3. The van der Waals surface area contributed by atoms with Crippen LogP contribution in [0.15, 0.2) is 48.7 Å². The molecule has 2 aromatic carbocycles. The van der Waals surface area contributed by atoms with Crippen LogP contribution < -0.4 is 5.32 Å². The van der Waals surface area contributed by atoms with E-state index in [1.165, 1.54) is 35.1 Å². The summed E-state index contributed by atoms with van der Waals surface area (Å²) in [5.74, 6) is -1.03. The van der Waals surface area contributed by atoms with Gasteiger partial charge in [0.05, 0.1) is 18.3 Å². The second-order valence-electron chi connectivity index (χ2n) is 7.78. The van der Waals surface area contributed by atoms with Crippen molar-refractivity contribution in [2.24, 2.45) is 0 Å². The van der Waals surface area contributed by atoms with Crippen molar-refractivity contribution in [2.75, 3.05) is 11.9 Å². The normalized spacial score (nSPS) is 10.9. The number of halogens is 1. The number of fused-ring (bicyclic) bond motifs is 1. The van der Waals surface area contributed by atoms with Gasteiger partial charge >= 0.3 is 5.97 Å². The highest BCUT2D eigenvalue weighted by atomic mass is 19.1. The van der Waals surface area contributed by atoms with Gasteiger partial charge in [-0.3, -0.25) is 4.79 Å². The van der Waals surface area contributed by atoms with Crippen LogP contribution >= 0.6 is 0 Å². The Morgan fingerprint density at radius 2 is 1.79 bits per heavy atom. The molecule has 8 heteroatoms. The number of ether oxygens (including phenoxy) is 1. The van der Waals surface area contributed by atoms with E-state index in [0.717, 1.165) is 27.6 Å². The lowest BCUT2D eigenvalue weighted by Crippen LogP contribution is -2.18. The number of nitrogens with one attached hydrogen (secondary N) is 1. The number of carbonyl (C=O) groups is 2. The van der Waals surface area contributed by atoms with E-state index in [4.69, 9.17) is 9.72 Å². The minimum atomic E-state index is -0.623. The van der Waals surface area contributed by atoms with Crippen molar-refractivity contribution in [1.82, 2.24) is 14.8 Å². The fourth-order valence-corrected chi connectivity index (χ4v) is 3.72. The molecule has 2 aromatic heterocycles. The smallest absolute Gasteiger partial charge is 0.343 e. The molecule has 168 valence electrons. The highest BCUT2D eigenvalue weighted by Gasteiger charge is 2.23. The Morgan fingerprint density at radius 1 is 1.06 bits per heavy atom. The van der Waals surface area contributed by atoms with Crippen molar-refractivity contribution < 1.29 is 18.7 Å². The maximum atomic E-state index is 13.3. The molecule has 0 aliphatic heterocycles. The predicted octanol–water partition coefficient (Wildman–Crippen LogP) is 4.91. The first kappa shape index (κ1) is 22.1. The number of anilines is 1. The van der Waals surface area contributed by atoms with E-state index in [1.807, 2.05) is 32.9 Å². The molecule has 0 saturated heterocycles. The van der Waals surface area contributed by atoms with Crippen molar-refractivity contribution in [2.45, 2.75) is 27.7 Å². The van der Waals surface area contributed by atoms with E-state index in [-0.39, 0.29) is 23.6 Å². The van der Waals surface area contributed by atoms with Crippen LogP contribution in [0.25, 0.3) is 16.7 Å². The van der Waals surface area contributed by atoms with E-state index in [2.05, 4.69) is 16.5 Å². The number of aromatic nitrogens is 3. The summed E-state index contributed by atoms with van der Waals surface area (Å²) in [5, 5.41) is 8.07. The molecule has 0 bridgehead atoms. The number of nitrogens with zero attached hydrogens (tertiary/aromatic N) is 3. The van der Waals surface area contributed by atoms with Crippen LogP contribution in [0.1, 0.15) is 44.3 Å². The Balaban J connectivity index is 1.84. The molecule has 7 nitrogen and oxygen atoms in total. The van der Waals surface area contributed by atoms with E-state index < -0.39 is 17.7 Å². The monoisotopic (exact) mass is 446 g/mol. The zero-order valence-corrected chi connectivity index (χ0v) is 18.8. The van der Waals surface area contributed by atoms with Crippen molar-refractivity contribution in [1.29, 1.82) is 0 Å². The SMILES string of the molecule is CCOC(=O)c1cnn(-c2cc(C)c3cc(C)cc(C)c3n2)c1NC(=O)c1ccc(F)cc1. The van der Waals surface area contributed by atoms with E-state index in [1.54, 1.807) is 6.92 Å². The van der Waals surface area contributed by atoms with Gasteiger partial charge in [-0.25, -0.2) is 14.2 Å². The van der Waals surface area contributed by atoms with Gasteiger partial charge in [0.1, 0.15) is 11.4 Å². The molecule has 0 spiro atoms. The van der Waals surface area contributed by atoms with Crippen LogP contribution in [0, 0.1) is 26.6 Å². The lowest BCUT2D eigenvalue weighted by Gasteiger charge is -2.13.